The van der Waals surface area contributed by atoms with Gasteiger partial charge in [-0.15, -0.1) is 0 Å². The highest BCUT2D eigenvalue weighted by Gasteiger charge is 1.92. The molecule has 0 atom stereocenters. The Bertz CT molecular complexity index is 75.4. The van der Waals surface area contributed by atoms with E-state index in [1.54, 1.807) is 0 Å². The highest BCUT2D eigenvalue weighted by molar-refractivity contribution is 4.55. The third-order valence-electron chi connectivity index (χ3n) is 1.34. The first-order chi connectivity index (χ1) is 6.04. The second kappa shape index (κ2) is 11.9. The third kappa shape index (κ3) is 24.5. The predicted octanol–water partition coefficient (Wildman–Crippen LogP) is 2.64. The van der Waals surface area contributed by atoms with E-state index in [-0.39, 0.29) is 1.43 Å². The molecule has 84 valence electrons. The molecular weight excluding hydrogens is 160 g/mol. The van der Waals surface area contributed by atoms with Gasteiger partial charge in [0.15, 0.2) is 0 Å². The lowest BCUT2D eigenvalue weighted by Gasteiger charge is -2.10. The van der Waals surface area contributed by atoms with Crippen molar-refractivity contribution in [3.05, 3.63) is 0 Å². The van der Waals surface area contributed by atoms with E-state index in [4.69, 9.17) is 0 Å². The summed E-state index contributed by atoms with van der Waals surface area (Å²) in [5.41, 5.74) is 0. The standard InChI is InChI=1S/C6H15N.C5H13N.H2/c1-5(2)7-6(3)4;1-3-5-6-4-2;/h5-7H,1-4H3;6H,3-5H2,1-2H3;1H. The normalized spacial score (nSPS) is 10.2. The zero-order valence-electron chi connectivity index (χ0n) is 10.3. The lowest BCUT2D eigenvalue weighted by molar-refractivity contribution is 0.518. The van der Waals surface area contributed by atoms with Crippen LogP contribution >= 0.6 is 0 Å². The van der Waals surface area contributed by atoms with Gasteiger partial charge >= 0.3 is 0 Å². The van der Waals surface area contributed by atoms with Gasteiger partial charge in [0, 0.05) is 13.5 Å². The largest absolute Gasteiger partial charge is 0.317 e. The fraction of sp³-hybridized carbons (Fsp3) is 1.00. The molecule has 0 unspecified atom stereocenters. The Morgan fingerprint density at radius 3 is 1.54 bits per heavy atom. The van der Waals surface area contributed by atoms with Gasteiger partial charge in [-0.05, 0) is 19.5 Å². The van der Waals surface area contributed by atoms with Crippen LogP contribution in [0.4, 0.5) is 0 Å². The molecule has 2 nitrogen and oxygen atoms in total. The Balaban J connectivity index is -0.000000163. The smallest absolute Gasteiger partial charge is 0.00127 e. The van der Waals surface area contributed by atoms with Crippen LogP contribution in [-0.2, 0) is 0 Å². The molecular formula is C11H30N2. The molecule has 2 N–H and O–H groups in total. The van der Waals surface area contributed by atoms with Crippen molar-refractivity contribution in [2.24, 2.45) is 0 Å². The molecule has 0 saturated heterocycles. The fourth-order valence-corrected chi connectivity index (χ4v) is 1.02. The summed E-state index contributed by atoms with van der Waals surface area (Å²) in [4.78, 5) is 0. The summed E-state index contributed by atoms with van der Waals surface area (Å²) in [7, 11) is 0. The molecule has 0 aromatic rings. The molecule has 0 spiro atoms. The van der Waals surface area contributed by atoms with Crippen LogP contribution < -0.4 is 10.6 Å². The second-order valence-corrected chi connectivity index (χ2v) is 3.83. The van der Waals surface area contributed by atoms with Gasteiger partial charge in [0.2, 0.25) is 0 Å². The van der Waals surface area contributed by atoms with Gasteiger partial charge in [0.25, 0.3) is 0 Å². The number of hydrogen-bond donors (Lipinski definition) is 2. The van der Waals surface area contributed by atoms with Gasteiger partial charge in [-0.1, -0.05) is 41.5 Å². The summed E-state index contributed by atoms with van der Waals surface area (Å²) < 4.78 is 0. The molecule has 13 heavy (non-hydrogen) atoms. The minimum Gasteiger partial charge on any atom is -0.317 e. The molecule has 0 radical (unpaired) electrons. The lowest BCUT2D eigenvalue weighted by Crippen LogP contribution is -2.29. The fourth-order valence-electron chi connectivity index (χ4n) is 1.02. The van der Waals surface area contributed by atoms with Crippen LogP contribution in [0.3, 0.4) is 0 Å². The average molecular weight is 190 g/mol. The summed E-state index contributed by atoms with van der Waals surface area (Å²) in [6.45, 7) is 15.2. The minimum atomic E-state index is 0. The van der Waals surface area contributed by atoms with Crippen LogP contribution in [-0.4, -0.2) is 25.2 Å². The minimum absolute atomic E-state index is 0. The van der Waals surface area contributed by atoms with Crippen LogP contribution in [0, 0.1) is 0 Å². The Morgan fingerprint density at radius 2 is 1.46 bits per heavy atom. The summed E-state index contributed by atoms with van der Waals surface area (Å²) >= 11 is 0. The molecule has 2 heteroatoms. The van der Waals surface area contributed by atoms with E-state index in [1.807, 2.05) is 0 Å². The highest BCUT2D eigenvalue weighted by Crippen LogP contribution is 1.80. The van der Waals surface area contributed by atoms with Crippen molar-refractivity contribution in [3.8, 4) is 0 Å². The Morgan fingerprint density at radius 1 is 1.00 bits per heavy atom. The maximum atomic E-state index is 3.31. The topological polar surface area (TPSA) is 24.1 Å². The van der Waals surface area contributed by atoms with E-state index >= 15 is 0 Å². The predicted molar refractivity (Wildman–Crippen MR) is 64.4 cm³/mol. The molecule has 0 aliphatic rings. The van der Waals surface area contributed by atoms with Crippen LogP contribution in [0.1, 0.15) is 49.4 Å². The molecule has 0 aliphatic heterocycles. The van der Waals surface area contributed by atoms with Crippen LogP contribution in [0.15, 0.2) is 0 Å². The Kier molecular flexibility index (Phi) is 14.1. The first kappa shape index (κ1) is 15.4. The summed E-state index contributed by atoms with van der Waals surface area (Å²) in [6, 6.07) is 1.25. The molecule has 0 saturated carbocycles. The molecule has 0 bridgehead atoms. The van der Waals surface area contributed by atoms with Crippen LogP contribution in [0.2, 0.25) is 0 Å². The monoisotopic (exact) mass is 190 g/mol. The summed E-state index contributed by atoms with van der Waals surface area (Å²) in [5.74, 6) is 0. The molecule has 0 amide bonds. The Hall–Kier alpha value is -0.0800. The van der Waals surface area contributed by atoms with Gasteiger partial charge in [-0.25, -0.2) is 0 Å². The van der Waals surface area contributed by atoms with Crippen molar-refractivity contribution in [2.75, 3.05) is 13.1 Å². The highest BCUT2D eigenvalue weighted by atomic mass is 14.9. The van der Waals surface area contributed by atoms with Crippen LogP contribution in [0.25, 0.3) is 0 Å². The summed E-state index contributed by atoms with van der Waals surface area (Å²) in [5, 5.41) is 6.50. The molecule has 0 fully saturated rings. The molecule has 0 aromatic carbocycles. The number of nitrogens with one attached hydrogen (secondary N) is 2. The zero-order chi connectivity index (χ0) is 10.7. The van der Waals surface area contributed by atoms with Crippen LogP contribution in [0.5, 0.6) is 0 Å². The van der Waals surface area contributed by atoms with Crippen molar-refractivity contribution < 1.29 is 1.43 Å². The van der Waals surface area contributed by atoms with Crippen molar-refractivity contribution in [3.63, 3.8) is 0 Å². The van der Waals surface area contributed by atoms with E-state index in [1.165, 1.54) is 6.42 Å². The molecule has 0 heterocycles. The first-order valence-electron chi connectivity index (χ1n) is 5.51. The molecule has 0 rings (SSSR count). The van der Waals surface area contributed by atoms with Gasteiger partial charge < -0.3 is 10.6 Å². The van der Waals surface area contributed by atoms with E-state index < -0.39 is 0 Å². The van der Waals surface area contributed by atoms with Gasteiger partial charge in [0.1, 0.15) is 0 Å². The number of hydrogen-bond acceptors (Lipinski definition) is 2. The maximum Gasteiger partial charge on any atom is 0.00127 e. The van der Waals surface area contributed by atoms with Crippen molar-refractivity contribution in [1.29, 1.82) is 0 Å². The third-order valence-corrected chi connectivity index (χ3v) is 1.34. The Labute approximate surface area is 86.0 Å². The van der Waals surface area contributed by atoms with Crippen molar-refractivity contribution in [2.45, 2.75) is 60.0 Å². The van der Waals surface area contributed by atoms with Gasteiger partial charge in [0.05, 0.1) is 0 Å². The van der Waals surface area contributed by atoms with Crippen molar-refractivity contribution >= 4 is 0 Å². The van der Waals surface area contributed by atoms with Gasteiger partial charge in [-0.3, -0.25) is 0 Å². The summed E-state index contributed by atoms with van der Waals surface area (Å²) in [6.07, 6.45) is 1.24. The quantitative estimate of drug-likeness (QED) is 0.651. The molecule has 0 aromatic heterocycles. The van der Waals surface area contributed by atoms with E-state index in [9.17, 15) is 0 Å². The van der Waals surface area contributed by atoms with Crippen molar-refractivity contribution in [1.82, 2.24) is 10.6 Å². The average Bonchev–Trinajstić information content (AvgIpc) is 1.99. The van der Waals surface area contributed by atoms with E-state index in [0.717, 1.165) is 13.1 Å². The first-order valence-corrected chi connectivity index (χ1v) is 5.51. The maximum absolute atomic E-state index is 3.31. The lowest BCUT2D eigenvalue weighted by atomic mass is 10.3. The van der Waals surface area contributed by atoms with E-state index in [0.29, 0.717) is 12.1 Å². The SMILES string of the molecule is CC(C)NC(C)C.CCCNCC.[HH]. The zero-order valence-corrected chi connectivity index (χ0v) is 10.3. The second-order valence-electron chi connectivity index (χ2n) is 3.83. The van der Waals surface area contributed by atoms with E-state index in [2.05, 4.69) is 52.2 Å². The molecule has 0 aliphatic carbocycles. The number of rotatable bonds is 5. The van der Waals surface area contributed by atoms with Gasteiger partial charge in [-0.2, -0.15) is 0 Å².